The molecule has 19 heavy (non-hydrogen) atoms. The van der Waals surface area contributed by atoms with Gasteiger partial charge in [0.15, 0.2) is 0 Å². The molecular weight excluding hydrogens is 236 g/mol. The molecule has 1 aromatic carbocycles. The maximum absolute atomic E-state index is 5.79. The summed E-state index contributed by atoms with van der Waals surface area (Å²) in [6, 6.07) is 9.01. The molecule has 2 aliphatic carbocycles. The van der Waals surface area contributed by atoms with E-state index in [0.717, 1.165) is 5.92 Å². The van der Waals surface area contributed by atoms with Crippen LogP contribution < -0.4 is 11.3 Å². The van der Waals surface area contributed by atoms with Gasteiger partial charge in [0.2, 0.25) is 0 Å². The number of ether oxygens (including phenoxy) is 1. The molecule has 2 saturated carbocycles. The van der Waals surface area contributed by atoms with Crippen molar-refractivity contribution in [2.75, 3.05) is 7.11 Å². The Bertz CT molecular complexity index is 427. The summed E-state index contributed by atoms with van der Waals surface area (Å²) < 4.78 is 5.68. The predicted molar refractivity (Wildman–Crippen MR) is 76.6 cm³/mol. The van der Waals surface area contributed by atoms with Crippen LogP contribution in [-0.4, -0.2) is 13.2 Å². The van der Waals surface area contributed by atoms with E-state index in [1.807, 2.05) is 0 Å². The number of hydrazine groups is 1. The lowest BCUT2D eigenvalue weighted by molar-refractivity contribution is 0.0506. The SMILES string of the molecule is COC(C1CC1)C(NN)c1cccc(C2CCC2)c1. The second kappa shape index (κ2) is 5.61. The summed E-state index contributed by atoms with van der Waals surface area (Å²) in [6.45, 7) is 0. The predicted octanol–water partition coefficient (Wildman–Crippen LogP) is 2.88. The van der Waals surface area contributed by atoms with Gasteiger partial charge in [0, 0.05) is 7.11 Å². The van der Waals surface area contributed by atoms with Crippen LogP contribution in [-0.2, 0) is 4.74 Å². The average Bonchev–Trinajstić information content (AvgIpc) is 3.18. The van der Waals surface area contributed by atoms with E-state index in [1.54, 1.807) is 7.11 Å². The number of nitrogens with two attached hydrogens (primary N) is 1. The largest absolute Gasteiger partial charge is 0.379 e. The van der Waals surface area contributed by atoms with E-state index in [1.165, 1.54) is 43.2 Å². The van der Waals surface area contributed by atoms with Crippen molar-refractivity contribution < 1.29 is 4.74 Å². The lowest BCUT2D eigenvalue weighted by Crippen LogP contribution is -2.38. The molecular formula is C16H24N2O. The molecule has 1 aromatic rings. The molecule has 3 heteroatoms. The molecule has 3 N–H and O–H groups in total. The van der Waals surface area contributed by atoms with Crippen molar-refractivity contribution in [3.63, 3.8) is 0 Å². The summed E-state index contributed by atoms with van der Waals surface area (Å²) in [5, 5.41) is 0. The molecule has 0 bridgehead atoms. The summed E-state index contributed by atoms with van der Waals surface area (Å²) in [6.07, 6.45) is 6.76. The first kappa shape index (κ1) is 13.1. The maximum atomic E-state index is 5.79. The molecule has 3 rings (SSSR count). The molecule has 0 radical (unpaired) electrons. The van der Waals surface area contributed by atoms with Crippen LogP contribution in [0.15, 0.2) is 24.3 Å². The molecule has 3 nitrogen and oxygen atoms in total. The highest BCUT2D eigenvalue weighted by molar-refractivity contribution is 5.30. The van der Waals surface area contributed by atoms with Gasteiger partial charge >= 0.3 is 0 Å². The Morgan fingerprint density at radius 1 is 1.26 bits per heavy atom. The fourth-order valence-electron chi connectivity index (χ4n) is 3.15. The smallest absolute Gasteiger partial charge is 0.0806 e. The van der Waals surface area contributed by atoms with Crippen molar-refractivity contribution in [3.05, 3.63) is 35.4 Å². The zero-order valence-electron chi connectivity index (χ0n) is 11.6. The van der Waals surface area contributed by atoms with Gasteiger partial charge in [0.1, 0.15) is 0 Å². The van der Waals surface area contributed by atoms with E-state index in [-0.39, 0.29) is 12.1 Å². The van der Waals surface area contributed by atoms with E-state index in [9.17, 15) is 0 Å². The number of hydrogen-bond donors (Lipinski definition) is 2. The van der Waals surface area contributed by atoms with Gasteiger partial charge in [-0.15, -0.1) is 0 Å². The van der Waals surface area contributed by atoms with Gasteiger partial charge in [-0.3, -0.25) is 11.3 Å². The molecule has 104 valence electrons. The van der Waals surface area contributed by atoms with Crippen molar-refractivity contribution in [1.82, 2.24) is 5.43 Å². The first-order chi connectivity index (χ1) is 9.33. The molecule has 0 aromatic heterocycles. The lowest BCUT2D eigenvalue weighted by Gasteiger charge is -2.29. The van der Waals surface area contributed by atoms with E-state index >= 15 is 0 Å². The minimum absolute atomic E-state index is 0.109. The van der Waals surface area contributed by atoms with Crippen molar-refractivity contribution >= 4 is 0 Å². The second-order valence-corrected chi connectivity index (χ2v) is 5.98. The van der Waals surface area contributed by atoms with Crippen LogP contribution in [0.1, 0.15) is 55.2 Å². The minimum atomic E-state index is 0.109. The number of nitrogens with one attached hydrogen (secondary N) is 1. The van der Waals surface area contributed by atoms with E-state index in [2.05, 4.69) is 29.7 Å². The van der Waals surface area contributed by atoms with Crippen molar-refractivity contribution in [3.8, 4) is 0 Å². The third-order valence-electron chi connectivity index (χ3n) is 4.71. The quantitative estimate of drug-likeness (QED) is 0.611. The summed E-state index contributed by atoms with van der Waals surface area (Å²) in [5.74, 6) is 7.22. The van der Waals surface area contributed by atoms with Gasteiger partial charge in [-0.2, -0.15) is 0 Å². The van der Waals surface area contributed by atoms with Crippen LogP contribution in [0.5, 0.6) is 0 Å². The van der Waals surface area contributed by atoms with Gasteiger partial charge in [-0.05, 0) is 48.6 Å². The number of methoxy groups -OCH3 is 1. The third kappa shape index (κ3) is 2.69. The molecule has 0 saturated heterocycles. The average molecular weight is 260 g/mol. The monoisotopic (exact) mass is 260 g/mol. The third-order valence-corrected chi connectivity index (χ3v) is 4.71. The highest BCUT2D eigenvalue weighted by atomic mass is 16.5. The van der Waals surface area contributed by atoms with Crippen LogP contribution in [0.3, 0.4) is 0 Å². The van der Waals surface area contributed by atoms with Gasteiger partial charge in [0.05, 0.1) is 12.1 Å². The Hall–Kier alpha value is -0.900. The highest BCUT2D eigenvalue weighted by Gasteiger charge is 2.37. The van der Waals surface area contributed by atoms with Gasteiger partial charge in [0.25, 0.3) is 0 Å². The fourth-order valence-corrected chi connectivity index (χ4v) is 3.15. The zero-order chi connectivity index (χ0) is 13.2. The Labute approximate surface area is 115 Å². The van der Waals surface area contributed by atoms with Crippen LogP contribution in [0.2, 0.25) is 0 Å². The van der Waals surface area contributed by atoms with E-state index in [4.69, 9.17) is 10.6 Å². The molecule has 0 amide bonds. The lowest BCUT2D eigenvalue weighted by atomic mass is 9.79. The van der Waals surface area contributed by atoms with Gasteiger partial charge in [-0.1, -0.05) is 30.7 Å². The minimum Gasteiger partial charge on any atom is -0.379 e. The first-order valence-corrected chi connectivity index (χ1v) is 7.42. The van der Waals surface area contributed by atoms with Crippen LogP contribution in [0.25, 0.3) is 0 Å². The Balaban J connectivity index is 1.81. The summed E-state index contributed by atoms with van der Waals surface area (Å²) in [5.41, 5.74) is 5.70. The van der Waals surface area contributed by atoms with Crippen molar-refractivity contribution in [2.24, 2.45) is 11.8 Å². The van der Waals surface area contributed by atoms with Gasteiger partial charge in [-0.25, -0.2) is 0 Å². The van der Waals surface area contributed by atoms with E-state index in [0.29, 0.717) is 5.92 Å². The summed E-state index contributed by atoms with van der Waals surface area (Å²) in [4.78, 5) is 0. The Kier molecular flexibility index (Phi) is 3.87. The maximum Gasteiger partial charge on any atom is 0.0806 e. The Morgan fingerprint density at radius 2 is 2.05 bits per heavy atom. The molecule has 2 fully saturated rings. The molecule has 0 heterocycles. The van der Waals surface area contributed by atoms with Crippen LogP contribution in [0.4, 0.5) is 0 Å². The number of benzene rings is 1. The molecule has 2 atom stereocenters. The summed E-state index contributed by atoms with van der Waals surface area (Å²) in [7, 11) is 1.79. The zero-order valence-corrected chi connectivity index (χ0v) is 11.6. The first-order valence-electron chi connectivity index (χ1n) is 7.42. The Morgan fingerprint density at radius 3 is 2.58 bits per heavy atom. The van der Waals surface area contributed by atoms with Crippen molar-refractivity contribution in [1.29, 1.82) is 0 Å². The molecule has 2 aliphatic rings. The molecule has 0 aliphatic heterocycles. The summed E-state index contributed by atoms with van der Waals surface area (Å²) >= 11 is 0. The van der Waals surface area contributed by atoms with Crippen LogP contribution >= 0.6 is 0 Å². The van der Waals surface area contributed by atoms with Crippen LogP contribution in [0, 0.1) is 5.92 Å². The topological polar surface area (TPSA) is 47.3 Å². The molecule has 2 unspecified atom stereocenters. The molecule has 0 spiro atoms. The normalized spacial score (nSPS) is 22.8. The van der Waals surface area contributed by atoms with E-state index < -0.39 is 0 Å². The van der Waals surface area contributed by atoms with Gasteiger partial charge < -0.3 is 4.74 Å². The van der Waals surface area contributed by atoms with Crippen molar-refractivity contribution in [2.45, 2.75) is 50.2 Å². The standard InChI is InChI=1S/C16H24N2O/c1-19-16(12-8-9-12)15(18-17)14-7-3-6-13(10-14)11-4-2-5-11/h3,6-7,10-12,15-16,18H,2,4-5,8-9,17H2,1H3. The highest BCUT2D eigenvalue weighted by Crippen LogP contribution is 2.41. The number of hydrogen-bond acceptors (Lipinski definition) is 3. The fraction of sp³-hybridized carbons (Fsp3) is 0.625. The number of rotatable bonds is 6. The second-order valence-electron chi connectivity index (χ2n) is 5.98.